The summed E-state index contributed by atoms with van der Waals surface area (Å²) in [7, 11) is 0. The Labute approximate surface area is 185 Å². The maximum atomic E-state index is 12.8. The predicted octanol–water partition coefficient (Wildman–Crippen LogP) is 4.56. The number of ether oxygens (including phenoxy) is 2. The van der Waals surface area contributed by atoms with Crippen molar-refractivity contribution in [2.24, 2.45) is 0 Å². The molecule has 0 bridgehead atoms. The highest BCUT2D eigenvalue weighted by Gasteiger charge is 2.26. The van der Waals surface area contributed by atoms with E-state index in [2.05, 4.69) is 5.32 Å². The topological polar surface area (TPSA) is 115 Å². The summed E-state index contributed by atoms with van der Waals surface area (Å²) in [4.78, 5) is 37.6. The number of carbonyl (C=O) groups is 2. The van der Waals surface area contributed by atoms with Gasteiger partial charge in [-0.15, -0.1) is 0 Å². The standard InChI is InChI=1S/C24H27NO7/c1-6-8-16(25-23(29)32-24(3,4)5)22(28)30-14-11-17(26)19-18(12-14)31-21-13(2)9-7-10-15(21)20(19)27/h7,9-12,16,26H,6,8H2,1-5H3,(H,25,29). The highest BCUT2D eigenvalue weighted by Crippen LogP contribution is 2.31. The molecule has 3 rings (SSSR count). The van der Waals surface area contributed by atoms with Gasteiger partial charge < -0.3 is 24.3 Å². The lowest BCUT2D eigenvalue weighted by Crippen LogP contribution is -2.45. The van der Waals surface area contributed by atoms with Gasteiger partial charge >= 0.3 is 12.1 Å². The Kier molecular flexibility index (Phi) is 6.43. The largest absolute Gasteiger partial charge is 0.507 e. The third-order valence-corrected chi connectivity index (χ3v) is 4.72. The molecule has 0 radical (unpaired) electrons. The Hall–Kier alpha value is -3.55. The molecule has 8 nitrogen and oxygen atoms in total. The molecular weight excluding hydrogens is 414 g/mol. The molecule has 0 spiro atoms. The van der Waals surface area contributed by atoms with Crippen molar-refractivity contribution < 1.29 is 28.6 Å². The van der Waals surface area contributed by atoms with Gasteiger partial charge in [-0.05, 0) is 45.7 Å². The number of esters is 1. The Balaban J connectivity index is 1.92. The molecule has 3 aromatic rings. The molecule has 8 heteroatoms. The fourth-order valence-corrected chi connectivity index (χ4v) is 3.33. The third kappa shape index (κ3) is 5.01. The summed E-state index contributed by atoms with van der Waals surface area (Å²) in [6.07, 6.45) is 0.206. The number of hydrogen-bond donors (Lipinski definition) is 2. The van der Waals surface area contributed by atoms with Crippen molar-refractivity contribution in [2.45, 2.75) is 59.1 Å². The molecule has 0 aliphatic heterocycles. The van der Waals surface area contributed by atoms with Crippen molar-refractivity contribution in [1.29, 1.82) is 0 Å². The van der Waals surface area contributed by atoms with Crippen LogP contribution >= 0.6 is 0 Å². The van der Waals surface area contributed by atoms with Gasteiger partial charge in [0.1, 0.15) is 39.7 Å². The van der Waals surface area contributed by atoms with Gasteiger partial charge in [0.2, 0.25) is 5.43 Å². The molecule has 0 saturated heterocycles. The van der Waals surface area contributed by atoms with Gasteiger partial charge in [-0.3, -0.25) is 4.79 Å². The summed E-state index contributed by atoms with van der Waals surface area (Å²) in [5.41, 5.74) is 0.145. The number of carbonyl (C=O) groups excluding carboxylic acids is 2. The van der Waals surface area contributed by atoms with Gasteiger partial charge in [0.25, 0.3) is 0 Å². The molecular formula is C24H27NO7. The second kappa shape index (κ2) is 8.90. The highest BCUT2D eigenvalue weighted by atomic mass is 16.6. The summed E-state index contributed by atoms with van der Waals surface area (Å²) in [5.74, 6) is -1.10. The molecule has 1 amide bonds. The lowest BCUT2D eigenvalue weighted by molar-refractivity contribution is -0.137. The van der Waals surface area contributed by atoms with Crippen LogP contribution in [0.15, 0.2) is 39.5 Å². The van der Waals surface area contributed by atoms with Crippen molar-refractivity contribution in [3.8, 4) is 11.5 Å². The number of amides is 1. The number of phenols is 1. The van der Waals surface area contributed by atoms with Crippen molar-refractivity contribution >= 4 is 34.0 Å². The number of aryl methyl sites for hydroxylation is 1. The molecule has 1 heterocycles. The first kappa shape index (κ1) is 23.1. The Morgan fingerprint density at radius 3 is 2.59 bits per heavy atom. The number of para-hydroxylation sites is 1. The molecule has 1 unspecified atom stereocenters. The average Bonchev–Trinajstić information content (AvgIpc) is 2.67. The van der Waals surface area contributed by atoms with Crippen LogP contribution in [0.25, 0.3) is 21.9 Å². The first-order chi connectivity index (χ1) is 15.0. The molecule has 2 aromatic carbocycles. The Morgan fingerprint density at radius 1 is 1.22 bits per heavy atom. The Bertz CT molecular complexity index is 1240. The monoisotopic (exact) mass is 441 g/mol. The van der Waals surface area contributed by atoms with Crippen LogP contribution in [-0.4, -0.2) is 28.8 Å². The molecule has 170 valence electrons. The van der Waals surface area contributed by atoms with E-state index in [1.54, 1.807) is 45.9 Å². The van der Waals surface area contributed by atoms with Gasteiger partial charge in [-0.2, -0.15) is 0 Å². The first-order valence-electron chi connectivity index (χ1n) is 10.4. The van der Waals surface area contributed by atoms with Crippen molar-refractivity contribution in [2.75, 3.05) is 0 Å². The first-order valence-corrected chi connectivity index (χ1v) is 10.4. The fraction of sp³-hybridized carbons (Fsp3) is 0.375. The fourth-order valence-electron chi connectivity index (χ4n) is 3.33. The minimum Gasteiger partial charge on any atom is -0.507 e. The SMILES string of the molecule is CCCC(NC(=O)OC(C)(C)C)C(=O)Oc1cc(O)c2c(=O)c3cccc(C)c3oc2c1. The van der Waals surface area contributed by atoms with Crippen molar-refractivity contribution in [3.63, 3.8) is 0 Å². The summed E-state index contributed by atoms with van der Waals surface area (Å²) in [5, 5.41) is 13.3. The van der Waals surface area contributed by atoms with E-state index < -0.39 is 23.7 Å². The van der Waals surface area contributed by atoms with E-state index in [-0.39, 0.29) is 27.9 Å². The molecule has 32 heavy (non-hydrogen) atoms. The zero-order valence-electron chi connectivity index (χ0n) is 18.8. The van der Waals surface area contributed by atoms with Gasteiger partial charge in [-0.25, -0.2) is 9.59 Å². The molecule has 1 aromatic heterocycles. The number of aromatic hydroxyl groups is 1. The zero-order chi connectivity index (χ0) is 23.6. The Morgan fingerprint density at radius 2 is 1.94 bits per heavy atom. The lowest BCUT2D eigenvalue weighted by atomic mass is 10.1. The molecule has 0 aliphatic rings. The van der Waals surface area contributed by atoms with E-state index >= 15 is 0 Å². The minimum absolute atomic E-state index is 0.000104. The second-order valence-corrected chi connectivity index (χ2v) is 8.61. The normalized spacial score (nSPS) is 12.5. The average molecular weight is 441 g/mol. The minimum atomic E-state index is -0.946. The maximum absolute atomic E-state index is 12.8. The van der Waals surface area contributed by atoms with Crippen molar-refractivity contribution in [3.05, 3.63) is 46.1 Å². The molecule has 2 N–H and O–H groups in total. The number of benzene rings is 2. The predicted molar refractivity (Wildman–Crippen MR) is 120 cm³/mol. The van der Waals surface area contributed by atoms with E-state index in [4.69, 9.17) is 13.9 Å². The number of rotatable bonds is 5. The van der Waals surface area contributed by atoms with Crippen LogP contribution in [0.4, 0.5) is 4.79 Å². The van der Waals surface area contributed by atoms with Gasteiger partial charge in [-0.1, -0.05) is 25.5 Å². The maximum Gasteiger partial charge on any atom is 0.408 e. The molecule has 0 aliphatic carbocycles. The van der Waals surface area contributed by atoms with E-state index in [0.717, 1.165) is 5.56 Å². The van der Waals surface area contributed by atoms with Crippen LogP contribution in [0.3, 0.4) is 0 Å². The number of hydrogen-bond acceptors (Lipinski definition) is 7. The summed E-state index contributed by atoms with van der Waals surface area (Å²) in [6, 6.07) is 6.76. The van der Waals surface area contributed by atoms with Gasteiger partial charge in [0.05, 0.1) is 5.39 Å². The lowest BCUT2D eigenvalue weighted by Gasteiger charge is -2.22. The quantitative estimate of drug-likeness (QED) is 0.339. The summed E-state index contributed by atoms with van der Waals surface area (Å²) < 4.78 is 16.5. The van der Waals surface area contributed by atoms with E-state index in [9.17, 15) is 19.5 Å². The molecule has 0 fully saturated rings. The summed E-state index contributed by atoms with van der Waals surface area (Å²) in [6.45, 7) is 8.82. The van der Waals surface area contributed by atoms with Crippen LogP contribution in [0.2, 0.25) is 0 Å². The third-order valence-electron chi connectivity index (χ3n) is 4.72. The number of phenolic OH excluding ortho intramolecular Hbond substituents is 1. The smallest absolute Gasteiger partial charge is 0.408 e. The van der Waals surface area contributed by atoms with Crippen molar-refractivity contribution in [1.82, 2.24) is 5.32 Å². The number of alkyl carbamates (subject to hydrolysis) is 1. The molecule has 1 atom stereocenters. The highest BCUT2D eigenvalue weighted by molar-refractivity contribution is 5.95. The number of nitrogens with one attached hydrogen (secondary N) is 1. The van der Waals surface area contributed by atoms with Gasteiger partial charge in [0.15, 0.2) is 0 Å². The van der Waals surface area contributed by atoms with Crippen LogP contribution in [-0.2, 0) is 9.53 Å². The zero-order valence-corrected chi connectivity index (χ0v) is 18.8. The van der Waals surface area contributed by atoms with E-state index in [1.807, 2.05) is 6.92 Å². The van der Waals surface area contributed by atoms with Crippen LogP contribution in [0.1, 0.15) is 46.1 Å². The van der Waals surface area contributed by atoms with E-state index in [1.165, 1.54) is 12.1 Å². The van der Waals surface area contributed by atoms with Crippen LogP contribution < -0.4 is 15.5 Å². The molecule has 0 saturated carbocycles. The van der Waals surface area contributed by atoms with Gasteiger partial charge in [0, 0.05) is 12.1 Å². The summed E-state index contributed by atoms with van der Waals surface area (Å²) >= 11 is 0. The van der Waals surface area contributed by atoms with Crippen LogP contribution in [0, 0.1) is 6.92 Å². The van der Waals surface area contributed by atoms with Crippen LogP contribution in [0.5, 0.6) is 11.5 Å². The number of fused-ring (bicyclic) bond motifs is 2. The second-order valence-electron chi connectivity index (χ2n) is 8.61. The van der Waals surface area contributed by atoms with E-state index in [0.29, 0.717) is 23.8 Å².